The summed E-state index contributed by atoms with van der Waals surface area (Å²) in [5, 5.41) is 10.0. The normalized spacial score (nSPS) is 16.6. The maximum Gasteiger partial charge on any atom is 0.289 e. The molecule has 1 aromatic heterocycles. The molecule has 110 valence electrons. The van der Waals surface area contributed by atoms with E-state index in [1.54, 1.807) is 24.1 Å². The fraction of sp³-hybridized carbons (Fsp3) is 0.571. The molecule has 1 fully saturated rings. The molecule has 6 heteroatoms. The van der Waals surface area contributed by atoms with Crippen LogP contribution in [0.5, 0.6) is 0 Å². The van der Waals surface area contributed by atoms with Gasteiger partial charge in [-0.2, -0.15) is 0 Å². The fourth-order valence-electron chi connectivity index (χ4n) is 2.43. The molecule has 2 heterocycles. The molecule has 0 unspecified atom stereocenters. The van der Waals surface area contributed by atoms with Gasteiger partial charge in [0.1, 0.15) is 0 Å². The summed E-state index contributed by atoms with van der Waals surface area (Å²) >= 11 is 0. The standard InChI is InChI=1S/C14H20N2O4/c1-3-6-14(19)9-16(10-14)12(17)8-15(2)13(18)11-5-4-7-20-11/h4-5,7,19H,3,6,8-10H2,1-2H3. The first-order chi connectivity index (χ1) is 9.45. The van der Waals surface area contributed by atoms with Gasteiger partial charge >= 0.3 is 0 Å². The number of likely N-dealkylation sites (tertiary alicyclic amines) is 1. The third-order valence-corrected chi connectivity index (χ3v) is 3.49. The number of rotatable bonds is 5. The summed E-state index contributed by atoms with van der Waals surface area (Å²) in [5.41, 5.74) is -0.742. The second-order valence-corrected chi connectivity index (χ2v) is 5.36. The Morgan fingerprint density at radius 1 is 1.50 bits per heavy atom. The average Bonchev–Trinajstić information content (AvgIpc) is 2.88. The highest BCUT2D eigenvalue weighted by molar-refractivity contribution is 5.94. The number of carbonyl (C=O) groups is 2. The maximum absolute atomic E-state index is 12.0. The molecule has 0 spiro atoms. The van der Waals surface area contributed by atoms with E-state index < -0.39 is 5.60 Å². The van der Waals surface area contributed by atoms with Crippen molar-refractivity contribution in [2.75, 3.05) is 26.7 Å². The summed E-state index contributed by atoms with van der Waals surface area (Å²) in [7, 11) is 1.56. The molecule has 0 aliphatic carbocycles. The van der Waals surface area contributed by atoms with Gasteiger partial charge in [0.05, 0.1) is 31.5 Å². The van der Waals surface area contributed by atoms with Gasteiger partial charge in [0.15, 0.2) is 5.76 Å². The molecule has 0 radical (unpaired) electrons. The van der Waals surface area contributed by atoms with Gasteiger partial charge in [0, 0.05) is 7.05 Å². The minimum absolute atomic E-state index is 0.0122. The summed E-state index contributed by atoms with van der Waals surface area (Å²) in [6.45, 7) is 2.69. The lowest BCUT2D eigenvalue weighted by molar-refractivity contribution is -0.156. The van der Waals surface area contributed by atoms with Crippen LogP contribution in [0, 0.1) is 0 Å². The Balaban J connectivity index is 1.82. The molecular formula is C14H20N2O4. The van der Waals surface area contributed by atoms with Gasteiger partial charge in [-0.1, -0.05) is 13.3 Å². The first kappa shape index (κ1) is 14.6. The maximum atomic E-state index is 12.0. The quantitative estimate of drug-likeness (QED) is 0.862. The predicted octanol–water partition coefficient (Wildman–Crippen LogP) is 0.725. The molecule has 20 heavy (non-hydrogen) atoms. The van der Waals surface area contributed by atoms with E-state index in [0.29, 0.717) is 19.5 Å². The second kappa shape index (κ2) is 5.66. The highest BCUT2D eigenvalue weighted by Gasteiger charge is 2.42. The number of amides is 2. The van der Waals surface area contributed by atoms with Crippen LogP contribution in [0.25, 0.3) is 0 Å². The number of nitrogens with zero attached hydrogens (tertiary/aromatic N) is 2. The van der Waals surface area contributed by atoms with Crippen LogP contribution in [-0.2, 0) is 4.79 Å². The summed E-state index contributed by atoms with van der Waals surface area (Å²) in [6.07, 6.45) is 3.00. The van der Waals surface area contributed by atoms with E-state index in [1.807, 2.05) is 6.92 Å². The van der Waals surface area contributed by atoms with E-state index in [1.165, 1.54) is 11.2 Å². The molecule has 6 nitrogen and oxygen atoms in total. The van der Waals surface area contributed by atoms with Crippen molar-refractivity contribution in [1.82, 2.24) is 9.80 Å². The van der Waals surface area contributed by atoms with Crippen molar-refractivity contribution < 1.29 is 19.1 Å². The van der Waals surface area contributed by atoms with Crippen LogP contribution in [0.15, 0.2) is 22.8 Å². The van der Waals surface area contributed by atoms with Crippen LogP contribution in [0.2, 0.25) is 0 Å². The molecule has 1 aliphatic rings. The molecule has 1 aromatic rings. The Morgan fingerprint density at radius 3 is 2.75 bits per heavy atom. The Morgan fingerprint density at radius 2 is 2.20 bits per heavy atom. The SMILES string of the molecule is CCCC1(O)CN(C(=O)CN(C)C(=O)c2ccco2)C1. The van der Waals surface area contributed by atoms with E-state index in [0.717, 1.165) is 6.42 Å². The highest BCUT2D eigenvalue weighted by atomic mass is 16.3. The van der Waals surface area contributed by atoms with Crippen molar-refractivity contribution >= 4 is 11.8 Å². The monoisotopic (exact) mass is 280 g/mol. The molecule has 2 rings (SSSR count). The summed E-state index contributed by atoms with van der Waals surface area (Å²) in [5.74, 6) is -0.271. The number of aliphatic hydroxyl groups is 1. The minimum atomic E-state index is -0.742. The zero-order chi connectivity index (χ0) is 14.8. The molecule has 1 aliphatic heterocycles. The summed E-state index contributed by atoms with van der Waals surface area (Å²) in [6, 6.07) is 3.19. The van der Waals surface area contributed by atoms with Gasteiger partial charge in [-0.3, -0.25) is 9.59 Å². The average molecular weight is 280 g/mol. The molecule has 0 atom stereocenters. The van der Waals surface area contributed by atoms with Crippen molar-refractivity contribution in [3.8, 4) is 0 Å². The molecule has 0 saturated carbocycles. The van der Waals surface area contributed by atoms with Gasteiger partial charge in [0.25, 0.3) is 5.91 Å². The van der Waals surface area contributed by atoms with Crippen LogP contribution in [0.1, 0.15) is 30.3 Å². The number of furan rings is 1. The van der Waals surface area contributed by atoms with E-state index >= 15 is 0 Å². The van der Waals surface area contributed by atoms with E-state index in [-0.39, 0.29) is 24.1 Å². The first-order valence-corrected chi connectivity index (χ1v) is 6.74. The molecule has 0 bridgehead atoms. The van der Waals surface area contributed by atoms with Crippen LogP contribution >= 0.6 is 0 Å². The third kappa shape index (κ3) is 3.01. The minimum Gasteiger partial charge on any atom is -0.459 e. The second-order valence-electron chi connectivity index (χ2n) is 5.36. The summed E-state index contributed by atoms with van der Waals surface area (Å²) < 4.78 is 5.01. The first-order valence-electron chi connectivity index (χ1n) is 6.74. The lowest BCUT2D eigenvalue weighted by Crippen LogP contribution is -2.64. The van der Waals surface area contributed by atoms with Crippen molar-refractivity contribution in [2.24, 2.45) is 0 Å². The molecule has 1 saturated heterocycles. The Labute approximate surface area is 118 Å². The van der Waals surface area contributed by atoms with Gasteiger partial charge in [-0.05, 0) is 18.6 Å². The summed E-state index contributed by atoms with van der Waals surface area (Å²) in [4.78, 5) is 26.8. The Kier molecular flexibility index (Phi) is 4.13. The number of likely N-dealkylation sites (N-methyl/N-ethyl adjacent to an activating group) is 1. The smallest absolute Gasteiger partial charge is 0.289 e. The molecule has 0 aromatic carbocycles. The molecular weight excluding hydrogens is 260 g/mol. The Hall–Kier alpha value is -1.82. The number of carbonyl (C=O) groups excluding carboxylic acids is 2. The highest BCUT2D eigenvalue weighted by Crippen LogP contribution is 2.25. The number of hydrogen-bond acceptors (Lipinski definition) is 4. The van der Waals surface area contributed by atoms with Gasteiger partial charge in [-0.15, -0.1) is 0 Å². The van der Waals surface area contributed by atoms with Crippen molar-refractivity contribution in [1.29, 1.82) is 0 Å². The lowest BCUT2D eigenvalue weighted by atomic mass is 9.89. The van der Waals surface area contributed by atoms with Gasteiger partial charge in [0.2, 0.25) is 5.91 Å². The Bertz CT molecular complexity index is 477. The van der Waals surface area contributed by atoms with Crippen LogP contribution < -0.4 is 0 Å². The van der Waals surface area contributed by atoms with E-state index in [9.17, 15) is 14.7 Å². The number of hydrogen-bond donors (Lipinski definition) is 1. The predicted molar refractivity (Wildman–Crippen MR) is 72.1 cm³/mol. The van der Waals surface area contributed by atoms with Gasteiger partial charge in [-0.25, -0.2) is 0 Å². The number of β-amino-alcohol motifs (C(OH)–C–C–N with tert-alkyl or cyclic N) is 1. The lowest BCUT2D eigenvalue weighted by Gasteiger charge is -2.46. The zero-order valence-electron chi connectivity index (χ0n) is 11.8. The van der Waals surface area contributed by atoms with Crippen LogP contribution in [0.3, 0.4) is 0 Å². The van der Waals surface area contributed by atoms with Gasteiger partial charge < -0.3 is 19.3 Å². The third-order valence-electron chi connectivity index (χ3n) is 3.49. The van der Waals surface area contributed by atoms with Crippen LogP contribution in [-0.4, -0.2) is 59.0 Å². The van der Waals surface area contributed by atoms with Crippen molar-refractivity contribution in [2.45, 2.75) is 25.4 Å². The van der Waals surface area contributed by atoms with E-state index in [4.69, 9.17) is 4.42 Å². The van der Waals surface area contributed by atoms with Crippen LogP contribution in [0.4, 0.5) is 0 Å². The van der Waals surface area contributed by atoms with Crippen molar-refractivity contribution in [3.05, 3.63) is 24.2 Å². The molecule has 2 amide bonds. The van der Waals surface area contributed by atoms with Crippen molar-refractivity contribution in [3.63, 3.8) is 0 Å². The van der Waals surface area contributed by atoms with E-state index in [2.05, 4.69) is 0 Å². The zero-order valence-corrected chi connectivity index (χ0v) is 11.8. The largest absolute Gasteiger partial charge is 0.459 e. The topological polar surface area (TPSA) is 74.0 Å². The fourth-order valence-corrected chi connectivity index (χ4v) is 2.43. The molecule has 1 N–H and O–H groups in total.